The summed E-state index contributed by atoms with van der Waals surface area (Å²) in [7, 11) is 0. The van der Waals surface area contributed by atoms with E-state index in [1.165, 1.54) is 5.56 Å². The third-order valence-electron chi connectivity index (χ3n) is 3.45. The minimum Gasteiger partial charge on any atom is -0.491 e. The second-order valence-electron chi connectivity index (χ2n) is 5.29. The number of hydrogen-bond acceptors (Lipinski definition) is 4. The van der Waals surface area contributed by atoms with Crippen molar-refractivity contribution in [3.05, 3.63) is 29.8 Å². The fourth-order valence-electron chi connectivity index (χ4n) is 1.80. The molecule has 0 unspecified atom stereocenters. The van der Waals surface area contributed by atoms with E-state index < -0.39 is 6.10 Å². The number of hydrogen-bond donors (Lipinski definition) is 2. The first-order valence-electron chi connectivity index (χ1n) is 7.86. The van der Waals surface area contributed by atoms with Crippen molar-refractivity contribution in [2.24, 2.45) is 0 Å². The molecule has 21 heavy (non-hydrogen) atoms. The van der Waals surface area contributed by atoms with E-state index in [1.54, 1.807) is 0 Å². The van der Waals surface area contributed by atoms with Gasteiger partial charge in [0.2, 0.25) is 0 Å². The summed E-state index contributed by atoms with van der Waals surface area (Å²) < 4.78 is 11.0. The molecule has 0 aliphatic rings. The van der Waals surface area contributed by atoms with Gasteiger partial charge < -0.3 is 19.9 Å². The second-order valence-corrected chi connectivity index (χ2v) is 5.29. The third-order valence-corrected chi connectivity index (χ3v) is 3.45. The van der Waals surface area contributed by atoms with Crippen LogP contribution >= 0.6 is 0 Å². The van der Waals surface area contributed by atoms with Crippen molar-refractivity contribution in [1.82, 2.24) is 5.32 Å². The molecule has 1 aromatic carbocycles. The summed E-state index contributed by atoms with van der Waals surface area (Å²) in [6.45, 7) is 8.23. The van der Waals surface area contributed by atoms with Gasteiger partial charge in [0, 0.05) is 12.6 Å². The lowest BCUT2D eigenvalue weighted by Gasteiger charge is -2.16. The van der Waals surface area contributed by atoms with Crippen LogP contribution in [0.15, 0.2) is 24.3 Å². The molecule has 0 spiro atoms. The number of aryl methyl sites for hydroxylation is 1. The van der Waals surface area contributed by atoms with Crippen molar-refractivity contribution < 1.29 is 14.6 Å². The molecule has 0 aromatic heterocycles. The van der Waals surface area contributed by atoms with Crippen molar-refractivity contribution in [3.63, 3.8) is 0 Å². The van der Waals surface area contributed by atoms with Gasteiger partial charge in [0.1, 0.15) is 12.4 Å². The fourth-order valence-corrected chi connectivity index (χ4v) is 1.80. The van der Waals surface area contributed by atoms with Crippen LogP contribution < -0.4 is 10.1 Å². The molecule has 4 nitrogen and oxygen atoms in total. The molecular formula is C17H29NO3. The van der Waals surface area contributed by atoms with Gasteiger partial charge in [0.15, 0.2) is 0 Å². The number of nitrogens with one attached hydrogen (secondary N) is 1. The maximum absolute atomic E-state index is 9.74. The van der Waals surface area contributed by atoms with Gasteiger partial charge in [0.25, 0.3) is 0 Å². The molecule has 120 valence electrons. The van der Waals surface area contributed by atoms with Crippen molar-refractivity contribution in [2.75, 3.05) is 26.4 Å². The lowest BCUT2D eigenvalue weighted by molar-refractivity contribution is 0.0241. The van der Waals surface area contributed by atoms with E-state index >= 15 is 0 Å². The van der Waals surface area contributed by atoms with Crippen LogP contribution in [-0.2, 0) is 11.2 Å². The molecule has 4 heteroatoms. The van der Waals surface area contributed by atoms with Crippen LogP contribution in [0.4, 0.5) is 0 Å². The van der Waals surface area contributed by atoms with E-state index in [0.717, 1.165) is 18.6 Å². The quantitative estimate of drug-likeness (QED) is 0.616. The van der Waals surface area contributed by atoms with Crippen LogP contribution in [0.1, 0.15) is 32.8 Å². The Morgan fingerprint density at radius 2 is 1.86 bits per heavy atom. The molecule has 0 bridgehead atoms. The largest absolute Gasteiger partial charge is 0.491 e. The van der Waals surface area contributed by atoms with Crippen LogP contribution in [0.25, 0.3) is 0 Å². The summed E-state index contributed by atoms with van der Waals surface area (Å²) in [5.41, 5.74) is 1.30. The first-order chi connectivity index (χ1) is 10.2. The molecule has 0 radical (unpaired) electrons. The van der Waals surface area contributed by atoms with E-state index in [0.29, 0.717) is 32.4 Å². The zero-order valence-electron chi connectivity index (χ0n) is 13.5. The minimum atomic E-state index is -0.470. The van der Waals surface area contributed by atoms with Gasteiger partial charge in [-0.15, -0.1) is 0 Å². The first-order valence-corrected chi connectivity index (χ1v) is 7.86. The molecule has 0 amide bonds. The summed E-state index contributed by atoms with van der Waals surface area (Å²) in [6.07, 6.45) is 1.62. The molecule has 1 rings (SSSR count). The lowest BCUT2D eigenvalue weighted by atomic mass is 10.2. The number of aliphatic hydroxyl groups excluding tert-OH is 1. The summed E-state index contributed by atoms with van der Waals surface area (Å²) in [5, 5.41) is 13.0. The molecule has 0 aliphatic heterocycles. The predicted octanol–water partition coefficient (Wildman–Crippen LogP) is 2.39. The van der Waals surface area contributed by atoms with Gasteiger partial charge in [-0.1, -0.05) is 26.0 Å². The van der Waals surface area contributed by atoms with Crippen molar-refractivity contribution in [3.8, 4) is 5.75 Å². The first kappa shape index (κ1) is 18.0. The Morgan fingerprint density at radius 3 is 2.48 bits per heavy atom. The predicted molar refractivity (Wildman–Crippen MR) is 85.9 cm³/mol. The summed E-state index contributed by atoms with van der Waals surface area (Å²) in [5.74, 6) is 0.856. The molecule has 0 saturated heterocycles. The van der Waals surface area contributed by atoms with Gasteiger partial charge >= 0.3 is 0 Å². The summed E-state index contributed by atoms with van der Waals surface area (Å²) >= 11 is 0. The molecular weight excluding hydrogens is 266 g/mol. The molecule has 1 aromatic rings. The molecule has 0 aliphatic carbocycles. The van der Waals surface area contributed by atoms with Gasteiger partial charge in [-0.3, -0.25) is 0 Å². The topological polar surface area (TPSA) is 50.7 Å². The smallest absolute Gasteiger partial charge is 0.119 e. The average molecular weight is 295 g/mol. The fraction of sp³-hybridized carbons (Fsp3) is 0.647. The maximum atomic E-state index is 9.74. The highest BCUT2D eigenvalue weighted by molar-refractivity contribution is 5.27. The van der Waals surface area contributed by atoms with Crippen molar-refractivity contribution in [2.45, 2.75) is 45.8 Å². The van der Waals surface area contributed by atoms with Gasteiger partial charge in [0.05, 0.1) is 19.3 Å². The van der Waals surface area contributed by atoms with Crippen molar-refractivity contribution in [1.29, 1.82) is 0 Å². The Kier molecular flexibility index (Phi) is 9.06. The normalized spacial score (nSPS) is 13.9. The maximum Gasteiger partial charge on any atom is 0.119 e. The molecule has 0 heterocycles. The minimum absolute atomic E-state index is 0.335. The van der Waals surface area contributed by atoms with Crippen LogP contribution in [0.3, 0.4) is 0 Å². The highest BCUT2D eigenvalue weighted by atomic mass is 16.5. The molecule has 2 N–H and O–H groups in total. The molecule has 0 fully saturated rings. The van der Waals surface area contributed by atoms with Gasteiger partial charge in [-0.05, 0) is 37.5 Å². The number of aliphatic hydroxyl groups is 1. The Labute approximate surface area is 128 Å². The standard InChI is InChI=1S/C17H29NO3/c1-4-14(3)18-12-16(19)13-20-10-11-21-17-8-6-15(5-2)7-9-17/h6-9,14,16,18-19H,4-5,10-13H2,1-3H3/t14-,16-/m0/s1. The van der Waals surface area contributed by atoms with E-state index in [1.807, 2.05) is 12.1 Å². The van der Waals surface area contributed by atoms with E-state index in [-0.39, 0.29) is 0 Å². The highest BCUT2D eigenvalue weighted by Gasteiger charge is 2.06. The van der Waals surface area contributed by atoms with Crippen molar-refractivity contribution >= 4 is 0 Å². The van der Waals surface area contributed by atoms with E-state index in [2.05, 4.69) is 38.2 Å². The number of rotatable bonds is 11. The average Bonchev–Trinajstić information content (AvgIpc) is 2.52. The Balaban J connectivity index is 2.05. The monoisotopic (exact) mass is 295 g/mol. The van der Waals surface area contributed by atoms with Crippen LogP contribution in [-0.4, -0.2) is 43.6 Å². The SMILES string of the molecule is CCc1ccc(OCCOC[C@@H](O)CN[C@@H](C)CC)cc1. The van der Waals surface area contributed by atoms with Crippen LogP contribution in [0.5, 0.6) is 5.75 Å². The van der Waals surface area contributed by atoms with Crippen LogP contribution in [0.2, 0.25) is 0 Å². The van der Waals surface area contributed by atoms with Crippen LogP contribution in [0, 0.1) is 0 Å². The van der Waals surface area contributed by atoms with E-state index in [4.69, 9.17) is 9.47 Å². The number of ether oxygens (including phenoxy) is 2. The summed E-state index contributed by atoms with van der Waals surface area (Å²) in [6, 6.07) is 8.52. The molecule has 0 saturated carbocycles. The summed E-state index contributed by atoms with van der Waals surface area (Å²) in [4.78, 5) is 0. The number of benzene rings is 1. The third kappa shape index (κ3) is 8.05. The highest BCUT2D eigenvalue weighted by Crippen LogP contribution is 2.12. The Hall–Kier alpha value is -1.10. The van der Waals surface area contributed by atoms with Gasteiger partial charge in [-0.2, -0.15) is 0 Å². The Morgan fingerprint density at radius 1 is 1.14 bits per heavy atom. The lowest BCUT2D eigenvalue weighted by Crippen LogP contribution is -2.35. The zero-order valence-corrected chi connectivity index (χ0v) is 13.5. The van der Waals surface area contributed by atoms with E-state index in [9.17, 15) is 5.11 Å². The Bertz CT molecular complexity index is 367. The second kappa shape index (κ2) is 10.6. The zero-order chi connectivity index (χ0) is 15.5. The molecule has 2 atom stereocenters. The van der Waals surface area contributed by atoms with Gasteiger partial charge in [-0.25, -0.2) is 0 Å².